The molecule has 0 fully saturated rings. The van der Waals surface area contributed by atoms with Crippen LogP contribution in [0.25, 0.3) is 11.1 Å². The Morgan fingerprint density at radius 2 is 1.75 bits per heavy atom. The summed E-state index contributed by atoms with van der Waals surface area (Å²) in [5, 5.41) is 3.59. The molecule has 0 bridgehead atoms. The Labute approximate surface area is 123 Å². The van der Waals surface area contributed by atoms with E-state index in [-0.39, 0.29) is 0 Å². The molecule has 0 heterocycles. The van der Waals surface area contributed by atoms with Crippen LogP contribution >= 0.6 is 0 Å². The quantitative estimate of drug-likeness (QED) is 0.801. The zero-order chi connectivity index (χ0) is 14.5. The first-order chi connectivity index (χ1) is 9.63. The van der Waals surface area contributed by atoms with Crippen molar-refractivity contribution < 1.29 is 0 Å². The van der Waals surface area contributed by atoms with Crippen molar-refractivity contribution >= 4 is 0 Å². The predicted octanol–water partition coefficient (Wildman–Crippen LogP) is 5.03. The van der Waals surface area contributed by atoms with Gasteiger partial charge < -0.3 is 5.32 Å². The highest BCUT2D eigenvalue weighted by Crippen LogP contribution is 2.31. The van der Waals surface area contributed by atoms with E-state index in [4.69, 9.17) is 0 Å². The average Bonchev–Trinajstić information content (AvgIpc) is 2.47. The predicted molar refractivity (Wildman–Crippen MR) is 88.1 cm³/mol. The highest BCUT2D eigenvalue weighted by molar-refractivity contribution is 5.71. The van der Waals surface area contributed by atoms with Gasteiger partial charge in [0, 0.05) is 6.04 Å². The summed E-state index contributed by atoms with van der Waals surface area (Å²) in [4.78, 5) is 0. The fourth-order valence-corrected chi connectivity index (χ4v) is 2.62. The smallest absolute Gasteiger partial charge is 0.0297 e. The molecule has 2 rings (SSSR count). The standard InChI is InChI=1S/C19H25N/c1-5-12-20-16(4)17-8-6-7-9-18(17)19-13-14(2)10-11-15(19)3/h6-11,13,16,20H,5,12H2,1-4H3. The van der Waals surface area contributed by atoms with E-state index in [1.165, 1.54) is 27.8 Å². The van der Waals surface area contributed by atoms with Crippen LogP contribution in [-0.4, -0.2) is 6.54 Å². The van der Waals surface area contributed by atoms with Gasteiger partial charge in [-0.15, -0.1) is 0 Å². The first-order valence-electron chi connectivity index (χ1n) is 7.53. The van der Waals surface area contributed by atoms with Crippen molar-refractivity contribution in [3.8, 4) is 11.1 Å². The monoisotopic (exact) mass is 267 g/mol. The van der Waals surface area contributed by atoms with Crippen LogP contribution in [0.15, 0.2) is 42.5 Å². The molecule has 1 N–H and O–H groups in total. The fraction of sp³-hybridized carbons (Fsp3) is 0.368. The molecule has 1 atom stereocenters. The van der Waals surface area contributed by atoms with E-state index in [0.717, 1.165) is 13.0 Å². The molecule has 0 aliphatic carbocycles. The molecule has 20 heavy (non-hydrogen) atoms. The Balaban J connectivity index is 2.44. The summed E-state index contributed by atoms with van der Waals surface area (Å²) in [5.74, 6) is 0. The van der Waals surface area contributed by atoms with Crippen LogP contribution in [0.5, 0.6) is 0 Å². The first kappa shape index (κ1) is 14.8. The highest BCUT2D eigenvalue weighted by atomic mass is 14.9. The number of nitrogens with one attached hydrogen (secondary N) is 1. The summed E-state index contributed by atoms with van der Waals surface area (Å²) >= 11 is 0. The summed E-state index contributed by atoms with van der Waals surface area (Å²) in [5.41, 5.74) is 6.74. The zero-order valence-corrected chi connectivity index (χ0v) is 13.0. The van der Waals surface area contributed by atoms with E-state index in [1.54, 1.807) is 0 Å². The molecule has 0 aromatic heterocycles. The Bertz CT molecular complexity index is 572. The number of hydrogen-bond donors (Lipinski definition) is 1. The summed E-state index contributed by atoms with van der Waals surface area (Å²) < 4.78 is 0. The molecular weight excluding hydrogens is 242 g/mol. The average molecular weight is 267 g/mol. The van der Waals surface area contributed by atoms with Crippen molar-refractivity contribution in [3.05, 3.63) is 59.2 Å². The van der Waals surface area contributed by atoms with Gasteiger partial charge in [-0.25, -0.2) is 0 Å². The largest absolute Gasteiger partial charge is 0.310 e. The number of aryl methyl sites for hydroxylation is 2. The molecule has 1 nitrogen and oxygen atoms in total. The van der Waals surface area contributed by atoms with Gasteiger partial charge in [0.15, 0.2) is 0 Å². The molecule has 0 saturated carbocycles. The second kappa shape index (κ2) is 6.71. The Hall–Kier alpha value is -1.60. The van der Waals surface area contributed by atoms with Crippen molar-refractivity contribution in [1.82, 2.24) is 5.32 Å². The van der Waals surface area contributed by atoms with E-state index >= 15 is 0 Å². The third kappa shape index (κ3) is 3.29. The second-order valence-corrected chi connectivity index (χ2v) is 5.58. The summed E-state index contributed by atoms with van der Waals surface area (Å²) in [7, 11) is 0. The summed E-state index contributed by atoms with van der Waals surface area (Å²) in [6.07, 6.45) is 1.16. The number of rotatable bonds is 5. The van der Waals surface area contributed by atoms with Crippen molar-refractivity contribution in [3.63, 3.8) is 0 Å². The molecule has 0 spiro atoms. The molecule has 2 aromatic carbocycles. The maximum atomic E-state index is 3.59. The Morgan fingerprint density at radius 1 is 1.00 bits per heavy atom. The molecule has 1 heteroatoms. The van der Waals surface area contributed by atoms with Gasteiger partial charge in [0.05, 0.1) is 0 Å². The van der Waals surface area contributed by atoms with Crippen molar-refractivity contribution in [2.45, 2.75) is 40.2 Å². The second-order valence-electron chi connectivity index (χ2n) is 5.58. The topological polar surface area (TPSA) is 12.0 Å². The lowest BCUT2D eigenvalue weighted by molar-refractivity contribution is 0.571. The van der Waals surface area contributed by atoms with Gasteiger partial charge in [-0.3, -0.25) is 0 Å². The SMILES string of the molecule is CCCNC(C)c1ccccc1-c1cc(C)ccc1C. The van der Waals surface area contributed by atoms with Crippen LogP contribution in [0.2, 0.25) is 0 Å². The lowest BCUT2D eigenvalue weighted by Gasteiger charge is -2.19. The van der Waals surface area contributed by atoms with E-state index in [2.05, 4.69) is 75.5 Å². The lowest BCUT2D eigenvalue weighted by Crippen LogP contribution is -2.19. The molecule has 0 aliphatic heterocycles. The molecule has 2 aromatic rings. The molecule has 0 saturated heterocycles. The summed E-state index contributed by atoms with van der Waals surface area (Å²) in [6, 6.07) is 15.8. The molecule has 0 aliphatic rings. The maximum Gasteiger partial charge on any atom is 0.0297 e. The molecule has 0 amide bonds. The number of hydrogen-bond acceptors (Lipinski definition) is 1. The van der Waals surface area contributed by atoms with E-state index in [0.29, 0.717) is 6.04 Å². The van der Waals surface area contributed by atoms with Gasteiger partial charge in [-0.2, -0.15) is 0 Å². The minimum Gasteiger partial charge on any atom is -0.310 e. The van der Waals surface area contributed by atoms with Crippen molar-refractivity contribution in [1.29, 1.82) is 0 Å². The molecule has 0 radical (unpaired) electrons. The Kier molecular flexibility index (Phi) is 4.97. The van der Waals surface area contributed by atoms with Gasteiger partial charge in [-0.05, 0) is 56.0 Å². The zero-order valence-electron chi connectivity index (χ0n) is 13.0. The summed E-state index contributed by atoms with van der Waals surface area (Å²) in [6.45, 7) is 9.86. The molecule has 106 valence electrons. The van der Waals surface area contributed by atoms with Crippen LogP contribution in [0, 0.1) is 13.8 Å². The Morgan fingerprint density at radius 3 is 2.50 bits per heavy atom. The van der Waals surface area contributed by atoms with Crippen LogP contribution in [0.4, 0.5) is 0 Å². The number of benzene rings is 2. The molecule has 1 unspecified atom stereocenters. The normalized spacial score (nSPS) is 12.4. The first-order valence-corrected chi connectivity index (χ1v) is 7.53. The van der Waals surface area contributed by atoms with Gasteiger partial charge in [0.25, 0.3) is 0 Å². The maximum absolute atomic E-state index is 3.59. The van der Waals surface area contributed by atoms with Gasteiger partial charge >= 0.3 is 0 Å². The van der Waals surface area contributed by atoms with E-state index in [1.807, 2.05) is 0 Å². The third-order valence-corrected chi connectivity index (χ3v) is 3.81. The van der Waals surface area contributed by atoms with Crippen LogP contribution < -0.4 is 5.32 Å². The lowest BCUT2D eigenvalue weighted by atomic mass is 9.92. The van der Waals surface area contributed by atoms with Gasteiger partial charge in [-0.1, -0.05) is 55.0 Å². The van der Waals surface area contributed by atoms with Gasteiger partial charge in [0.2, 0.25) is 0 Å². The molecular formula is C19H25N. The highest BCUT2D eigenvalue weighted by Gasteiger charge is 2.12. The van der Waals surface area contributed by atoms with Crippen LogP contribution in [0.3, 0.4) is 0 Å². The van der Waals surface area contributed by atoms with Crippen molar-refractivity contribution in [2.75, 3.05) is 6.54 Å². The fourth-order valence-electron chi connectivity index (χ4n) is 2.62. The minimum atomic E-state index is 0.381. The minimum absolute atomic E-state index is 0.381. The van der Waals surface area contributed by atoms with Crippen LogP contribution in [0.1, 0.15) is 43.0 Å². The van der Waals surface area contributed by atoms with Crippen LogP contribution in [-0.2, 0) is 0 Å². The van der Waals surface area contributed by atoms with E-state index < -0.39 is 0 Å². The third-order valence-electron chi connectivity index (χ3n) is 3.81. The van der Waals surface area contributed by atoms with Crippen molar-refractivity contribution in [2.24, 2.45) is 0 Å². The van der Waals surface area contributed by atoms with E-state index in [9.17, 15) is 0 Å². The van der Waals surface area contributed by atoms with Gasteiger partial charge in [0.1, 0.15) is 0 Å².